The second-order valence-electron chi connectivity index (χ2n) is 5.20. The molecule has 106 valence electrons. The van der Waals surface area contributed by atoms with Crippen molar-refractivity contribution in [1.29, 1.82) is 0 Å². The van der Waals surface area contributed by atoms with Gasteiger partial charge in [-0.2, -0.15) is 0 Å². The lowest BCUT2D eigenvalue weighted by atomic mass is 10.1. The van der Waals surface area contributed by atoms with Gasteiger partial charge in [0, 0.05) is 38.3 Å². The lowest BCUT2D eigenvalue weighted by molar-refractivity contribution is -0.142. The van der Waals surface area contributed by atoms with Crippen LogP contribution in [-0.4, -0.2) is 50.7 Å². The van der Waals surface area contributed by atoms with Crippen LogP contribution in [0.5, 0.6) is 0 Å². The maximum Gasteiger partial charge on any atom is 0.321 e. The molecule has 0 radical (unpaired) electrons. The molecule has 2 heterocycles. The van der Waals surface area contributed by atoms with Crippen LogP contribution in [0.15, 0.2) is 12.5 Å². The first-order valence-corrected chi connectivity index (χ1v) is 6.83. The minimum Gasteiger partial charge on any atom is -0.480 e. The lowest BCUT2D eigenvalue weighted by Gasteiger charge is -2.23. The Bertz CT molecular complexity index is 432. The summed E-state index contributed by atoms with van der Waals surface area (Å²) in [6.45, 7) is 4.44. The van der Waals surface area contributed by atoms with E-state index in [2.05, 4.69) is 11.9 Å². The summed E-state index contributed by atoms with van der Waals surface area (Å²) >= 11 is 0. The number of aromatic nitrogens is 2. The molecule has 1 fully saturated rings. The van der Waals surface area contributed by atoms with Gasteiger partial charge in [-0.15, -0.1) is 0 Å². The first-order chi connectivity index (χ1) is 9.10. The zero-order chi connectivity index (χ0) is 13.8. The summed E-state index contributed by atoms with van der Waals surface area (Å²) in [5.74, 6) is -0.792. The molecule has 0 aromatic carbocycles. The number of nitrogens with two attached hydrogens (primary N) is 1. The van der Waals surface area contributed by atoms with Gasteiger partial charge in [0.15, 0.2) is 0 Å². The fraction of sp³-hybridized carbons (Fsp3) is 0.692. The van der Waals surface area contributed by atoms with Crippen molar-refractivity contribution >= 4 is 5.97 Å². The van der Waals surface area contributed by atoms with Gasteiger partial charge < -0.3 is 15.4 Å². The SMILES string of the molecule is CCCn1cnc(CC(C(=O)O)N2CC[C@H](N)C2)c1. The van der Waals surface area contributed by atoms with Gasteiger partial charge in [-0.05, 0) is 12.8 Å². The highest BCUT2D eigenvalue weighted by Crippen LogP contribution is 2.15. The van der Waals surface area contributed by atoms with E-state index in [0.29, 0.717) is 13.0 Å². The number of aliphatic carboxylic acids is 1. The van der Waals surface area contributed by atoms with E-state index in [0.717, 1.165) is 31.6 Å². The van der Waals surface area contributed by atoms with Crippen molar-refractivity contribution in [2.24, 2.45) is 5.73 Å². The summed E-state index contributed by atoms with van der Waals surface area (Å²) in [5, 5.41) is 9.37. The highest BCUT2D eigenvalue weighted by Gasteiger charge is 2.31. The number of carbonyl (C=O) groups is 1. The van der Waals surface area contributed by atoms with Crippen LogP contribution in [0, 0.1) is 0 Å². The Kier molecular flexibility index (Phi) is 4.55. The largest absolute Gasteiger partial charge is 0.480 e. The number of nitrogens with zero attached hydrogens (tertiary/aromatic N) is 3. The Morgan fingerprint density at radius 3 is 3.05 bits per heavy atom. The van der Waals surface area contributed by atoms with Crippen molar-refractivity contribution in [3.63, 3.8) is 0 Å². The number of hydrogen-bond acceptors (Lipinski definition) is 4. The summed E-state index contributed by atoms with van der Waals surface area (Å²) < 4.78 is 2.00. The van der Waals surface area contributed by atoms with Gasteiger partial charge in [0.2, 0.25) is 0 Å². The second-order valence-corrected chi connectivity index (χ2v) is 5.20. The molecule has 1 saturated heterocycles. The Hall–Kier alpha value is -1.40. The Morgan fingerprint density at radius 2 is 2.47 bits per heavy atom. The van der Waals surface area contributed by atoms with Gasteiger partial charge in [-0.1, -0.05) is 6.92 Å². The fourth-order valence-electron chi connectivity index (χ4n) is 2.56. The summed E-state index contributed by atoms with van der Waals surface area (Å²) in [7, 11) is 0. The van der Waals surface area contributed by atoms with E-state index in [-0.39, 0.29) is 6.04 Å². The van der Waals surface area contributed by atoms with Crippen LogP contribution in [0.25, 0.3) is 0 Å². The van der Waals surface area contributed by atoms with E-state index in [1.807, 2.05) is 15.7 Å². The molecule has 19 heavy (non-hydrogen) atoms. The van der Waals surface area contributed by atoms with E-state index in [4.69, 9.17) is 5.73 Å². The first kappa shape index (κ1) is 14.0. The number of imidazole rings is 1. The van der Waals surface area contributed by atoms with Gasteiger partial charge in [0.1, 0.15) is 6.04 Å². The van der Waals surface area contributed by atoms with Crippen molar-refractivity contribution in [3.8, 4) is 0 Å². The van der Waals surface area contributed by atoms with Gasteiger partial charge in [-0.3, -0.25) is 9.69 Å². The summed E-state index contributed by atoms with van der Waals surface area (Å²) in [5.41, 5.74) is 6.68. The molecule has 0 saturated carbocycles. The molecule has 1 aromatic heterocycles. The zero-order valence-electron chi connectivity index (χ0n) is 11.3. The molecular formula is C13H22N4O2. The molecule has 1 unspecified atom stereocenters. The average molecular weight is 266 g/mol. The Labute approximate surface area is 113 Å². The number of carboxylic acids is 1. The van der Waals surface area contributed by atoms with E-state index in [1.54, 1.807) is 6.33 Å². The molecular weight excluding hydrogens is 244 g/mol. The van der Waals surface area contributed by atoms with Crippen LogP contribution < -0.4 is 5.73 Å². The first-order valence-electron chi connectivity index (χ1n) is 6.83. The molecule has 2 rings (SSSR count). The summed E-state index contributed by atoms with van der Waals surface area (Å²) in [6, 6.07) is -0.418. The number of carboxylic acid groups (broad SMARTS) is 1. The van der Waals surface area contributed by atoms with Crippen molar-refractivity contribution < 1.29 is 9.90 Å². The average Bonchev–Trinajstić information content (AvgIpc) is 2.95. The standard InChI is InChI=1S/C13H22N4O2/c1-2-4-16-8-11(15-9-16)6-12(13(18)19)17-5-3-10(14)7-17/h8-10,12H,2-7,14H2,1H3,(H,18,19)/t10-,12?/m0/s1. The highest BCUT2D eigenvalue weighted by molar-refractivity contribution is 5.73. The molecule has 2 atom stereocenters. The van der Waals surface area contributed by atoms with E-state index in [1.165, 1.54) is 0 Å². The Morgan fingerprint density at radius 1 is 1.68 bits per heavy atom. The molecule has 6 nitrogen and oxygen atoms in total. The van der Waals surface area contributed by atoms with Crippen molar-refractivity contribution in [1.82, 2.24) is 14.5 Å². The van der Waals surface area contributed by atoms with Crippen LogP contribution in [0.2, 0.25) is 0 Å². The van der Waals surface area contributed by atoms with E-state index in [9.17, 15) is 9.90 Å². The van der Waals surface area contributed by atoms with Crippen LogP contribution >= 0.6 is 0 Å². The molecule has 1 aliphatic heterocycles. The quantitative estimate of drug-likeness (QED) is 0.774. The number of rotatable bonds is 6. The van der Waals surface area contributed by atoms with Crippen molar-refractivity contribution in [3.05, 3.63) is 18.2 Å². The third kappa shape index (κ3) is 3.54. The van der Waals surface area contributed by atoms with Gasteiger partial charge in [0.25, 0.3) is 0 Å². The third-order valence-corrected chi connectivity index (χ3v) is 3.55. The van der Waals surface area contributed by atoms with Gasteiger partial charge in [-0.25, -0.2) is 4.98 Å². The van der Waals surface area contributed by atoms with Crippen molar-refractivity contribution in [2.75, 3.05) is 13.1 Å². The lowest BCUT2D eigenvalue weighted by Crippen LogP contribution is -2.42. The zero-order valence-corrected chi connectivity index (χ0v) is 11.3. The van der Waals surface area contributed by atoms with Gasteiger partial charge in [0.05, 0.1) is 12.0 Å². The van der Waals surface area contributed by atoms with Crippen molar-refractivity contribution in [2.45, 2.75) is 44.8 Å². The van der Waals surface area contributed by atoms with Crippen LogP contribution in [0.3, 0.4) is 0 Å². The molecule has 0 spiro atoms. The molecule has 0 aliphatic carbocycles. The summed E-state index contributed by atoms with van der Waals surface area (Å²) in [4.78, 5) is 17.7. The second kappa shape index (κ2) is 6.16. The molecule has 1 aromatic rings. The van der Waals surface area contributed by atoms with Crippen LogP contribution in [0.4, 0.5) is 0 Å². The monoisotopic (exact) mass is 266 g/mol. The minimum absolute atomic E-state index is 0.0968. The number of aryl methyl sites for hydroxylation is 1. The highest BCUT2D eigenvalue weighted by atomic mass is 16.4. The number of likely N-dealkylation sites (tertiary alicyclic amines) is 1. The number of hydrogen-bond donors (Lipinski definition) is 2. The molecule has 1 aliphatic rings. The van der Waals surface area contributed by atoms with Crippen LogP contribution in [0.1, 0.15) is 25.5 Å². The minimum atomic E-state index is -0.792. The van der Waals surface area contributed by atoms with E-state index < -0.39 is 12.0 Å². The maximum absolute atomic E-state index is 11.4. The predicted molar refractivity (Wildman–Crippen MR) is 71.8 cm³/mol. The topological polar surface area (TPSA) is 84.4 Å². The van der Waals surface area contributed by atoms with Gasteiger partial charge >= 0.3 is 5.97 Å². The smallest absolute Gasteiger partial charge is 0.321 e. The van der Waals surface area contributed by atoms with E-state index >= 15 is 0 Å². The third-order valence-electron chi connectivity index (χ3n) is 3.55. The molecule has 6 heteroatoms. The molecule has 3 N–H and O–H groups in total. The summed E-state index contributed by atoms with van der Waals surface area (Å²) in [6.07, 6.45) is 6.06. The molecule has 0 bridgehead atoms. The van der Waals surface area contributed by atoms with Crippen LogP contribution in [-0.2, 0) is 17.8 Å². The normalized spacial score (nSPS) is 21.7. The maximum atomic E-state index is 11.4. The predicted octanol–water partition coefficient (Wildman–Crippen LogP) is 0.322. The Balaban J connectivity index is 2.01. The fourth-order valence-corrected chi connectivity index (χ4v) is 2.56. The molecule has 0 amide bonds.